The van der Waals surface area contributed by atoms with Crippen LogP contribution in [0.15, 0.2) is 47.6 Å². The number of aryl methyl sites for hydroxylation is 1. The summed E-state index contributed by atoms with van der Waals surface area (Å²) in [6, 6.07) is 13.3. The Morgan fingerprint density at radius 2 is 1.77 bits per heavy atom. The highest BCUT2D eigenvalue weighted by Gasteiger charge is 2.13. The zero-order valence-corrected chi connectivity index (χ0v) is 18.3. The maximum absolute atomic E-state index is 12.4. The number of benzene rings is 2. The number of amides is 1. The van der Waals surface area contributed by atoms with Gasteiger partial charge in [0.05, 0.1) is 39.6 Å². The predicted molar refractivity (Wildman–Crippen MR) is 122 cm³/mol. The van der Waals surface area contributed by atoms with Gasteiger partial charge in [-0.1, -0.05) is 18.2 Å². The number of ether oxygens (including phenoxy) is 3. The van der Waals surface area contributed by atoms with Crippen molar-refractivity contribution < 1.29 is 19.0 Å². The van der Waals surface area contributed by atoms with Gasteiger partial charge in [0.1, 0.15) is 0 Å². The molecular weight excluding hydrogens is 396 g/mol. The van der Waals surface area contributed by atoms with Gasteiger partial charge in [-0.25, -0.2) is 5.43 Å². The fraction of sp³-hybridized carbons (Fsp3) is 0.261. The molecule has 0 aliphatic heterocycles. The first-order chi connectivity index (χ1) is 15.0. The Bertz CT molecular complexity index is 1090. The van der Waals surface area contributed by atoms with Crippen LogP contribution in [-0.2, 0) is 4.79 Å². The molecule has 0 fully saturated rings. The van der Waals surface area contributed by atoms with Crippen molar-refractivity contribution in [3.63, 3.8) is 0 Å². The van der Waals surface area contributed by atoms with Crippen LogP contribution in [-0.4, -0.2) is 52.0 Å². The van der Waals surface area contributed by atoms with Gasteiger partial charge >= 0.3 is 0 Å². The summed E-state index contributed by atoms with van der Waals surface area (Å²) in [4.78, 5) is 18.9. The van der Waals surface area contributed by atoms with Crippen LogP contribution in [0, 0.1) is 6.92 Å². The summed E-state index contributed by atoms with van der Waals surface area (Å²) in [6.45, 7) is 2.07. The summed E-state index contributed by atoms with van der Waals surface area (Å²) in [5.41, 5.74) is 5.97. The summed E-state index contributed by atoms with van der Waals surface area (Å²) >= 11 is 0. The SMILES string of the molecule is COc1cc(/C=N/NC(=O)CN(C)c2cc(C)nc3ccccc23)cc(OC)c1OC. The number of pyridine rings is 1. The molecule has 0 unspecified atom stereocenters. The number of hydrogen-bond acceptors (Lipinski definition) is 7. The first-order valence-corrected chi connectivity index (χ1v) is 9.66. The van der Waals surface area contributed by atoms with Crippen LogP contribution in [0.4, 0.5) is 5.69 Å². The molecule has 0 bridgehead atoms. The van der Waals surface area contributed by atoms with Crippen molar-refractivity contribution in [1.82, 2.24) is 10.4 Å². The summed E-state index contributed by atoms with van der Waals surface area (Å²) in [5, 5.41) is 5.05. The van der Waals surface area contributed by atoms with E-state index in [2.05, 4.69) is 15.5 Å². The number of hydrazone groups is 1. The minimum atomic E-state index is -0.246. The molecule has 1 aromatic heterocycles. The van der Waals surface area contributed by atoms with Crippen molar-refractivity contribution in [2.75, 3.05) is 39.8 Å². The lowest BCUT2D eigenvalue weighted by Crippen LogP contribution is -2.32. The molecule has 31 heavy (non-hydrogen) atoms. The number of methoxy groups -OCH3 is 3. The van der Waals surface area contributed by atoms with E-state index in [0.29, 0.717) is 22.8 Å². The highest BCUT2D eigenvalue weighted by atomic mass is 16.5. The molecule has 0 saturated heterocycles. The Balaban J connectivity index is 1.70. The molecule has 8 nitrogen and oxygen atoms in total. The van der Waals surface area contributed by atoms with Crippen LogP contribution in [0.1, 0.15) is 11.3 Å². The number of carbonyl (C=O) groups is 1. The van der Waals surface area contributed by atoms with Gasteiger partial charge in [-0.3, -0.25) is 9.78 Å². The average Bonchev–Trinajstić information content (AvgIpc) is 2.77. The van der Waals surface area contributed by atoms with Gasteiger partial charge in [-0.15, -0.1) is 0 Å². The minimum absolute atomic E-state index is 0.139. The van der Waals surface area contributed by atoms with Crippen molar-refractivity contribution in [3.05, 3.63) is 53.7 Å². The second-order valence-electron chi connectivity index (χ2n) is 6.91. The quantitative estimate of drug-likeness (QED) is 0.443. The molecular formula is C23H26N4O4. The van der Waals surface area contributed by atoms with Gasteiger partial charge in [-0.05, 0) is 31.2 Å². The third kappa shape index (κ3) is 5.03. The van der Waals surface area contributed by atoms with E-state index in [1.807, 2.05) is 49.2 Å². The van der Waals surface area contributed by atoms with E-state index in [9.17, 15) is 4.79 Å². The van der Waals surface area contributed by atoms with Gasteiger partial charge in [0, 0.05) is 29.4 Å². The number of rotatable bonds is 8. The van der Waals surface area contributed by atoms with Crippen molar-refractivity contribution in [2.24, 2.45) is 5.10 Å². The number of nitrogens with one attached hydrogen (secondary N) is 1. The largest absolute Gasteiger partial charge is 0.493 e. The third-order valence-corrected chi connectivity index (χ3v) is 4.70. The molecule has 2 aromatic carbocycles. The number of anilines is 1. The zero-order chi connectivity index (χ0) is 22.4. The fourth-order valence-corrected chi connectivity index (χ4v) is 3.29. The van der Waals surface area contributed by atoms with E-state index < -0.39 is 0 Å². The lowest BCUT2D eigenvalue weighted by Gasteiger charge is -2.20. The normalized spacial score (nSPS) is 10.9. The lowest BCUT2D eigenvalue weighted by atomic mass is 10.1. The third-order valence-electron chi connectivity index (χ3n) is 4.70. The van der Waals surface area contributed by atoms with Gasteiger partial charge in [0.15, 0.2) is 11.5 Å². The van der Waals surface area contributed by atoms with Gasteiger partial charge in [0.2, 0.25) is 5.75 Å². The first kappa shape index (κ1) is 21.9. The Morgan fingerprint density at radius 3 is 2.42 bits per heavy atom. The molecule has 0 atom stereocenters. The van der Waals surface area contributed by atoms with E-state index >= 15 is 0 Å². The maximum atomic E-state index is 12.4. The minimum Gasteiger partial charge on any atom is -0.493 e. The molecule has 0 radical (unpaired) electrons. The Hall–Kier alpha value is -3.81. The average molecular weight is 422 g/mol. The van der Waals surface area contributed by atoms with Crippen molar-refractivity contribution in [3.8, 4) is 17.2 Å². The lowest BCUT2D eigenvalue weighted by molar-refractivity contribution is -0.119. The second-order valence-corrected chi connectivity index (χ2v) is 6.91. The van der Waals surface area contributed by atoms with Gasteiger partial charge in [-0.2, -0.15) is 5.10 Å². The number of nitrogens with zero attached hydrogens (tertiary/aromatic N) is 3. The van der Waals surface area contributed by atoms with Crippen LogP contribution >= 0.6 is 0 Å². The van der Waals surface area contributed by atoms with E-state index in [-0.39, 0.29) is 12.5 Å². The number of aromatic nitrogens is 1. The monoisotopic (exact) mass is 422 g/mol. The van der Waals surface area contributed by atoms with Gasteiger partial charge < -0.3 is 19.1 Å². The van der Waals surface area contributed by atoms with E-state index in [1.165, 1.54) is 6.21 Å². The number of para-hydroxylation sites is 1. The molecule has 0 spiro atoms. The van der Waals surface area contributed by atoms with E-state index in [0.717, 1.165) is 22.3 Å². The zero-order valence-electron chi connectivity index (χ0n) is 18.3. The second kappa shape index (κ2) is 9.80. The van der Waals surface area contributed by atoms with Crippen molar-refractivity contribution in [2.45, 2.75) is 6.92 Å². The Kier molecular flexibility index (Phi) is 6.92. The molecule has 1 heterocycles. The van der Waals surface area contributed by atoms with Crippen LogP contribution < -0.4 is 24.5 Å². The number of carbonyl (C=O) groups excluding carboxylic acids is 1. The number of fused-ring (bicyclic) bond motifs is 1. The molecule has 3 rings (SSSR count). The van der Waals surface area contributed by atoms with Gasteiger partial charge in [0.25, 0.3) is 5.91 Å². The Labute approximate surface area is 181 Å². The highest BCUT2D eigenvalue weighted by Crippen LogP contribution is 2.37. The summed E-state index contributed by atoms with van der Waals surface area (Å²) < 4.78 is 16.0. The predicted octanol–water partition coefficient (Wildman–Crippen LogP) is 3.16. The van der Waals surface area contributed by atoms with Crippen molar-refractivity contribution in [1.29, 1.82) is 0 Å². The number of likely N-dealkylation sites (N-methyl/N-ethyl adjacent to an activating group) is 1. The maximum Gasteiger partial charge on any atom is 0.259 e. The molecule has 1 amide bonds. The van der Waals surface area contributed by atoms with Crippen LogP contribution in [0.2, 0.25) is 0 Å². The highest BCUT2D eigenvalue weighted by molar-refractivity contribution is 5.94. The van der Waals surface area contributed by atoms with Crippen molar-refractivity contribution >= 4 is 28.7 Å². The molecule has 3 aromatic rings. The first-order valence-electron chi connectivity index (χ1n) is 9.66. The summed E-state index contributed by atoms with van der Waals surface area (Å²) in [7, 11) is 6.49. The Morgan fingerprint density at radius 1 is 1.10 bits per heavy atom. The molecule has 162 valence electrons. The van der Waals surface area contributed by atoms with E-state index in [4.69, 9.17) is 14.2 Å². The standard InChI is InChI=1S/C23H26N4O4/c1-15-10-19(17-8-6-7-9-18(17)25-15)27(2)14-22(28)26-24-13-16-11-20(29-3)23(31-5)21(12-16)30-4/h6-13H,14H2,1-5H3,(H,26,28)/b24-13+. The fourth-order valence-electron chi connectivity index (χ4n) is 3.29. The summed E-state index contributed by atoms with van der Waals surface area (Å²) in [5.74, 6) is 1.26. The molecule has 8 heteroatoms. The van der Waals surface area contributed by atoms with Crippen LogP contribution in [0.25, 0.3) is 10.9 Å². The molecule has 0 aliphatic carbocycles. The summed E-state index contributed by atoms with van der Waals surface area (Å²) in [6.07, 6.45) is 1.52. The smallest absolute Gasteiger partial charge is 0.259 e. The molecule has 0 saturated carbocycles. The topological polar surface area (TPSA) is 85.3 Å². The van der Waals surface area contributed by atoms with E-state index in [1.54, 1.807) is 33.5 Å². The van der Waals surface area contributed by atoms with Crippen LogP contribution in [0.5, 0.6) is 17.2 Å². The van der Waals surface area contributed by atoms with Crippen LogP contribution in [0.3, 0.4) is 0 Å². The molecule has 1 N–H and O–H groups in total. The molecule has 0 aliphatic rings. The number of hydrogen-bond donors (Lipinski definition) is 1.